The van der Waals surface area contributed by atoms with Crippen molar-refractivity contribution in [3.8, 4) is 0 Å². The number of halogens is 1. The van der Waals surface area contributed by atoms with Crippen molar-refractivity contribution >= 4 is 26.8 Å². The molecule has 3 nitrogen and oxygen atoms in total. The maximum Gasteiger partial charge on any atom is 0.0935 e. The second-order valence-electron chi connectivity index (χ2n) is 4.88. The molecule has 0 bridgehead atoms. The van der Waals surface area contributed by atoms with Crippen molar-refractivity contribution in [3.63, 3.8) is 0 Å². The molecule has 4 heteroatoms. The molecule has 0 radical (unpaired) electrons. The lowest BCUT2D eigenvalue weighted by atomic mass is 9.92. The fraction of sp³-hybridized carbons (Fsp3) is 0.462. The lowest BCUT2D eigenvalue weighted by Gasteiger charge is -2.28. The summed E-state index contributed by atoms with van der Waals surface area (Å²) < 4.78 is 1.09. The van der Waals surface area contributed by atoms with Gasteiger partial charge in [0.2, 0.25) is 0 Å². The smallest absolute Gasteiger partial charge is 0.0935 e. The van der Waals surface area contributed by atoms with Crippen molar-refractivity contribution in [2.24, 2.45) is 0 Å². The van der Waals surface area contributed by atoms with Crippen LogP contribution in [-0.2, 0) is 0 Å². The number of hydrogen-bond donors (Lipinski definition) is 1. The molecule has 0 aliphatic carbocycles. The maximum absolute atomic E-state index is 4.41. The van der Waals surface area contributed by atoms with E-state index in [2.05, 4.69) is 56.3 Å². The van der Waals surface area contributed by atoms with E-state index in [0.717, 1.165) is 9.99 Å². The number of fused-ring (bicyclic) bond motifs is 1. The third-order valence-electron chi connectivity index (χ3n) is 3.67. The number of rotatable bonds is 1. The molecule has 1 fully saturated rings. The van der Waals surface area contributed by atoms with Crippen molar-refractivity contribution < 1.29 is 0 Å². The molecule has 0 spiro atoms. The Bertz CT molecular complexity index is 526. The summed E-state index contributed by atoms with van der Waals surface area (Å²) in [6.45, 7) is 2.36. The third kappa shape index (κ3) is 2.11. The van der Waals surface area contributed by atoms with E-state index < -0.39 is 0 Å². The molecule has 0 unspecified atom stereocenters. The molecule has 17 heavy (non-hydrogen) atoms. The minimum absolute atomic E-state index is 0.636. The number of hydrogen-bond acceptors (Lipinski definition) is 2. The van der Waals surface area contributed by atoms with Gasteiger partial charge in [0, 0.05) is 21.5 Å². The first kappa shape index (κ1) is 11.2. The number of nitrogens with zero attached hydrogens (tertiary/aromatic N) is 2. The standard InChI is InChI=1S/C13H16BrN3/c1-17-6-4-9(5-7-17)13-11-3-2-10(14)8-12(11)15-16-13/h2-3,8-9H,4-7H2,1H3,(H,15,16). The van der Waals surface area contributed by atoms with Gasteiger partial charge in [-0.3, -0.25) is 5.10 Å². The van der Waals surface area contributed by atoms with Gasteiger partial charge < -0.3 is 4.90 Å². The Hall–Kier alpha value is -0.870. The van der Waals surface area contributed by atoms with Gasteiger partial charge in [0.1, 0.15) is 0 Å². The number of piperidine rings is 1. The normalized spacial score (nSPS) is 18.9. The van der Waals surface area contributed by atoms with Gasteiger partial charge in [-0.25, -0.2) is 0 Å². The van der Waals surface area contributed by atoms with Crippen LogP contribution in [0.15, 0.2) is 22.7 Å². The highest BCUT2D eigenvalue weighted by Crippen LogP contribution is 2.31. The lowest BCUT2D eigenvalue weighted by Crippen LogP contribution is -2.29. The van der Waals surface area contributed by atoms with Crippen LogP contribution in [0.4, 0.5) is 0 Å². The van der Waals surface area contributed by atoms with E-state index in [1.165, 1.54) is 37.0 Å². The monoisotopic (exact) mass is 293 g/mol. The quantitative estimate of drug-likeness (QED) is 0.876. The number of H-pyrrole nitrogens is 1. The molecule has 1 aromatic carbocycles. The second kappa shape index (κ2) is 4.42. The lowest BCUT2D eigenvalue weighted by molar-refractivity contribution is 0.254. The zero-order valence-electron chi connectivity index (χ0n) is 9.91. The van der Waals surface area contributed by atoms with E-state index in [9.17, 15) is 0 Å². The van der Waals surface area contributed by atoms with Crippen LogP contribution in [0, 0.1) is 0 Å². The number of benzene rings is 1. The molecule has 0 atom stereocenters. The Labute approximate surface area is 109 Å². The van der Waals surface area contributed by atoms with Crippen LogP contribution >= 0.6 is 15.9 Å². The van der Waals surface area contributed by atoms with Crippen molar-refractivity contribution in [1.29, 1.82) is 0 Å². The minimum Gasteiger partial charge on any atom is -0.306 e. The van der Waals surface area contributed by atoms with Crippen LogP contribution in [0.2, 0.25) is 0 Å². The summed E-state index contributed by atoms with van der Waals surface area (Å²) in [5.41, 5.74) is 2.38. The van der Waals surface area contributed by atoms with Gasteiger partial charge in [-0.15, -0.1) is 0 Å². The number of aromatic nitrogens is 2. The van der Waals surface area contributed by atoms with E-state index in [1.807, 2.05) is 0 Å². The predicted octanol–water partition coefficient (Wildman–Crippen LogP) is 3.13. The van der Waals surface area contributed by atoms with Crippen LogP contribution in [0.3, 0.4) is 0 Å². The largest absolute Gasteiger partial charge is 0.306 e. The van der Waals surface area contributed by atoms with Crippen molar-refractivity contribution in [2.75, 3.05) is 20.1 Å². The van der Waals surface area contributed by atoms with Crippen molar-refractivity contribution in [2.45, 2.75) is 18.8 Å². The van der Waals surface area contributed by atoms with Crippen molar-refractivity contribution in [1.82, 2.24) is 15.1 Å². The molecular formula is C13H16BrN3. The van der Waals surface area contributed by atoms with Gasteiger partial charge in [-0.2, -0.15) is 5.10 Å². The molecule has 0 amide bonds. The van der Waals surface area contributed by atoms with Crippen LogP contribution in [0.1, 0.15) is 24.5 Å². The third-order valence-corrected chi connectivity index (χ3v) is 4.17. The zero-order chi connectivity index (χ0) is 11.8. The first-order chi connectivity index (χ1) is 8.24. The fourth-order valence-corrected chi connectivity index (χ4v) is 2.96. The molecule has 1 aliphatic heterocycles. The molecule has 1 saturated heterocycles. The summed E-state index contributed by atoms with van der Waals surface area (Å²) >= 11 is 3.48. The second-order valence-corrected chi connectivity index (χ2v) is 5.79. The Morgan fingerprint density at radius 1 is 1.35 bits per heavy atom. The van der Waals surface area contributed by atoms with Crippen LogP contribution in [0.5, 0.6) is 0 Å². The first-order valence-corrected chi connectivity index (χ1v) is 6.85. The summed E-state index contributed by atoms with van der Waals surface area (Å²) in [5.74, 6) is 0.636. The molecular weight excluding hydrogens is 278 g/mol. The highest BCUT2D eigenvalue weighted by Gasteiger charge is 2.21. The number of aromatic amines is 1. The SMILES string of the molecule is CN1CCC(c2[nH]nc3cc(Br)ccc23)CC1. The minimum atomic E-state index is 0.636. The molecule has 2 heterocycles. The molecule has 90 valence electrons. The number of likely N-dealkylation sites (tertiary alicyclic amines) is 1. The summed E-state index contributed by atoms with van der Waals surface area (Å²) in [7, 11) is 2.19. The van der Waals surface area contributed by atoms with Gasteiger partial charge >= 0.3 is 0 Å². The Morgan fingerprint density at radius 3 is 2.88 bits per heavy atom. The Balaban J connectivity index is 1.95. The summed E-state index contributed by atoms with van der Waals surface area (Å²) in [6.07, 6.45) is 2.45. The Morgan fingerprint density at radius 2 is 2.12 bits per heavy atom. The van der Waals surface area contributed by atoms with Gasteiger partial charge in [0.05, 0.1) is 5.52 Å². The molecule has 2 aromatic rings. The van der Waals surface area contributed by atoms with E-state index in [-0.39, 0.29) is 0 Å². The van der Waals surface area contributed by atoms with Gasteiger partial charge in [0.25, 0.3) is 0 Å². The molecule has 1 aliphatic rings. The maximum atomic E-state index is 4.41. The van der Waals surface area contributed by atoms with Gasteiger partial charge in [-0.05, 0) is 51.2 Å². The van der Waals surface area contributed by atoms with E-state index in [4.69, 9.17) is 0 Å². The average Bonchev–Trinajstić information content (AvgIpc) is 2.73. The molecule has 1 N–H and O–H groups in total. The number of nitrogens with one attached hydrogen (secondary N) is 1. The highest BCUT2D eigenvalue weighted by molar-refractivity contribution is 9.10. The topological polar surface area (TPSA) is 31.9 Å². The van der Waals surface area contributed by atoms with E-state index >= 15 is 0 Å². The molecule has 1 aromatic heterocycles. The average molecular weight is 294 g/mol. The van der Waals surface area contributed by atoms with Crippen LogP contribution < -0.4 is 0 Å². The van der Waals surface area contributed by atoms with Gasteiger partial charge in [-0.1, -0.05) is 15.9 Å². The predicted molar refractivity (Wildman–Crippen MR) is 73.3 cm³/mol. The zero-order valence-corrected chi connectivity index (χ0v) is 11.5. The first-order valence-electron chi connectivity index (χ1n) is 6.06. The molecule has 0 saturated carbocycles. The molecule has 3 rings (SSSR count). The summed E-state index contributed by atoms with van der Waals surface area (Å²) in [4.78, 5) is 2.39. The van der Waals surface area contributed by atoms with Crippen LogP contribution in [0.25, 0.3) is 10.9 Å². The fourth-order valence-electron chi connectivity index (χ4n) is 2.61. The summed E-state index contributed by atoms with van der Waals surface area (Å²) in [6, 6.07) is 6.33. The van der Waals surface area contributed by atoms with Gasteiger partial charge in [0.15, 0.2) is 0 Å². The van der Waals surface area contributed by atoms with E-state index in [1.54, 1.807) is 0 Å². The Kier molecular flexibility index (Phi) is 2.92. The highest BCUT2D eigenvalue weighted by atomic mass is 79.9. The van der Waals surface area contributed by atoms with Crippen molar-refractivity contribution in [3.05, 3.63) is 28.4 Å². The van der Waals surface area contributed by atoms with Crippen LogP contribution in [-0.4, -0.2) is 35.2 Å². The summed E-state index contributed by atoms with van der Waals surface area (Å²) in [5, 5.41) is 8.92. The van der Waals surface area contributed by atoms with E-state index in [0.29, 0.717) is 5.92 Å².